The molecule has 0 aliphatic heterocycles. The molecular formula is C8H9BrN4S. The lowest BCUT2D eigenvalue weighted by Crippen LogP contribution is -1.97. The Morgan fingerprint density at radius 1 is 1.64 bits per heavy atom. The molecule has 74 valence electrons. The predicted molar refractivity (Wildman–Crippen MR) is 60.3 cm³/mol. The highest BCUT2D eigenvalue weighted by atomic mass is 79.9. The average molecular weight is 273 g/mol. The smallest absolute Gasteiger partial charge is 0.168 e. The number of hydrogen-bond acceptors (Lipinski definition) is 4. The topological polar surface area (TPSA) is 42.7 Å². The van der Waals surface area contributed by atoms with Gasteiger partial charge in [-0.2, -0.15) is 0 Å². The third-order valence-corrected chi connectivity index (χ3v) is 3.37. The number of nitrogens with one attached hydrogen (secondary N) is 1. The summed E-state index contributed by atoms with van der Waals surface area (Å²) in [7, 11) is 1.85. The molecule has 4 nitrogen and oxygen atoms in total. The van der Waals surface area contributed by atoms with Crippen LogP contribution in [-0.4, -0.2) is 15.0 Å². The highest BCUT2D eigenvalue weighted by Crippen LogP contribution is 2.20. The highest BCUT2D eigenvalue weighted by molar-refractivity contribution is 9.10. The Hall–Kier alpha value is -0.880. The maximum atomic E-state index is 3.93. The van der Waals surface area contributed by atoms with Crippen LogP contribution in [-0.2, 0) is 13.6 Å². The lowest BCUT2D eigenvalue weighted by atomic mass is 10.4. The van der Waals surface area contributed by atoms with E-state index in [1.54, 1.807) is 16.0 Å². The molecule has 2 aromatic rings. The maximum absolute atomic E-state index is 3.93. The van der Waals surface area contributed by atoms with Crippen molar-refractivity contribution in [3.05, 3.63) is 27.0 Å². The number of hydrogen-bond donors (Lipinski definition) is 1. The fourth-order valence-electron chi connectivity index (χ4n) is 1.05. The van der Waals surface area contributed by atoms with Gasteiger partial charge in [0.1, 0.15) is 0 Å². The van der Waals surface area contributed by atoms with Crippen LogP contribution < -0.4 is 5.32 Å². The van der Waals surface area contributed by atoms with Gasteiger partial charge >= 0.3 is 0 Å². The lowest BCUT2D eigenvalue weighted by Gasteiger charge is -1.97. The number of aryl methyl sites for hydroxylation is 1. The molecular weight excluding hydrogens is 264 g/mol. The molecule has 6 heteroatoms. The van der Waals surface area contributed by atoms with Crippen LogP contribution in [0.4, 0.5) is 5.82 Å². The van der Waals surface area contributed by atoms with Gasteiger partial charge in [0.25, 0.3) is 0 Å². The Morgan fingerprint density at radius 3 is 3.07 bits per heavy atom. The standard InChI is InChI=1S/C8H9BrN4S/c1-13-4-8(11-12-13)10-3-7-2-6(9)5-14-7/h2,4-5,10H,3H2,1H3. The van der Waals surface area contributed by atoms with Crippen LogP contribution in [0.3, 0.4) is 0 Å². The molecule has 0 atom stereocenters. The molecule has 0 unspecified atom stereocenters. The van der Waals surface area contributed by atoms with Gasteiger partial charge in [-0.15, -0.1) is 16.4 Å². The van der Waals surface area contributed by atoms with Crippen LogP contribution in [0.2, 0.25) is 0 Å². The summed E-state index contributed by atoms with van der Waals surface area (Å²) in [5, 5.41) is 13.0. The van der Waals surface area contributed by atoms with Crippen molar-refractivity contribution in [3.8, 4) is 0 Å². The molecule has 0 bridgehead atoms. The first kappa shape index (κ1) is 9.67. The molecule has 0 aromatic carbocycles. The molecule has 0 fully saturated rings. The second-order valence-electron chi connectivity index (χ2n) is 2.86. The van der Waals surface area contributed by atoms with Gasteiger partial charge in [0.05, 0.1) is 12.7 Å². The fourth-order valence-corrected chi connectivity index (χ4v) is 2.44. The van der Waals surface area contributed by atoms with Gasteiger partial charge in [0.2, 0.25) is 0 Å². The van der Waals surface area contributed by atoms with Gasteiger partial charge in [-0.25, -0.2) is 0 Å². The molecule has 0 saturated carbocycles. The van der Waals surface area contributed by atoms with Gasteiger partial charge in [-0.05, 0) is 22.0 Å². The molecule has 0 aliphatic carbocycles. The highest BCUT2D eigenvalue weighted by Gasteiger charge is 1.99. The number of halogens is 1. The number of anilines is 1. The van der Waals surface area contributed by atoms with Crippen molar-refractivity contribution in [1.29, 1.82) is 0 Å². The maximum Gasteiger partial charge on any atom is 0.168 e. The first-order chi connectivity index (χ1) is 6.74. The molecule has 0 amide bonds. The summed E-state index contributed by atoms with van der Waals surface area (Å²) < 4.78 is 2.80. The largest absolute Gasteiger partial charge is 0.362 e. The monoisotopic (exact) mass is 272 g/mol. The van der Waals surface area contributed by atoms with Crippen LogP contribution in [0.15, 0.2) is 22.1 Å². The molecule has 0 aliphatic rings. The normalized spacial score (nSPS) is 10.4. The van der Waals surface area contributed by atoms with E-state index in [-0.39, 0.29) is 0 Å². The zero-order valence-electron chi connectivity index (χ0n) is 7.57. The van der Waals surface area contributed by atoms with Gasteiger partial charge in [-0.1, -0.05) is 5.21 Å². The second kappa shape index (κ2) is 4.10. The van der Waals surface area contributed by atoms with E-state index in [4.69, 9.17) is 0 Å². The van der Waals surface area contributed by atoms with Crippen LogP contribution >= 0.6 is 27.3 Å². The van der Waals surface area contributed by atoms with Crippen LogP contribution in [0.5, 0.6) is 0 Å². The molecule has 0 saturated heterocycles. The fraction of sp³-hybridized carbons (Fsp3) is 0.250. The Morgan fingerprint density at radius 2 is 2.50 bits per heavy atom. The van der Waals surface area contributed by atoms with E-state index in [0.29, 0.717) is 0 Å². The minimum absolute atomic E-state index is 0.787. The summed E-state index contributed by atoms with van der Waals surface area (Å²) >= 11 is 5.12. The zero-order chi connectivity index (χ0) is 9.97. The van der Waals surface area contributed by atoms with Crippen molar-refractivity contribution in [3.63, 3.8) is 0 Å². The molecule has 14 heavy (non-hydrogen) atoms. The Bertz CT molecular complexity index is 382. The first-order valence-electron chi connectivity index (χ1n) is 4.07. The van der Waals surface area contributed by atoms with Gasteiger partial charge < -0.3 is 5.32 Å². The Balaban J connectivity index is 1.94. The summed E-state index contributed by atoms with van der Waals surface area (Å²) in [4.78, 5) is 1.27. The molecule has 2 rings (SSSR count). The van der Waals surface area contributed by atoms with Crippen LogP contribution in [0.1, 0.15) is 4.88 Å². The minimum atomic E-state index is 0.787. The number of rotatable bonds is 3. The van der Waals surface area contributed by atoms with E-state index in [0.717, 1.165) is 16.8 Å². The van der Waals surface area contributed by atoms with Crippen molar-refractivity contribution >= 4 is 33.1 Å². The molecule has 2 aromatic heterocycles. The quantitative estimate of drug-likeness (QED) is 0.932. The van der Waals surface area contributed by atoms with Crippen LogP contribution in [0.25, 0.3) is 0 Å². The zero-order valence-corrected chi connectivity index (χ0v) is 9.97. The summed E-state index contributed by atoms with van der Waals surface area (Å²) in [5.41, 5.74) is 0. The molecule has 0 radical (unpaired) electrons. The van der Waals surface area contributed by atoms with Crippen molar-refractivity contribution in [2.24, 2.45) is 7.05 Å². The summed E-state index contributed by atoms with van der Waals surface area (Å²) in [6.45, 7) is 0.787. The lowest BCUT2D eigenvalue weighted by molar-refractivity contribution is 0.715. The third-order valence-electron chi connectivity index (χ3n) is 1.67. The Labute approximate surface area is 94.1 Å². The number of aromatic nitrogens is 3. The van der Waals surface area contributed by atoms with E-state index in [9.17, 15) is 0 Å². The van der Waals surface area contributed by atoms with E-state index in [1.807, 2.05) is 13.2 Å². The van der Waals surface area contributed by atoms with E-state index >= 15 is 0 Å². The van der Waals surface area contributed by atoms with Crippen molar-refractivity contribution in [1.82, 2.24) is 15.0 Å². The molecule has 0 spiro atoms. The van der Waals surface area contributed by atoms with Crippen molar-refractivity contribution in [2.75, 3.05) is 5.32 Å². The SMILES string of the molecule is Cn1cc(NCc2cc(Br)cs2)nn1. The third kappa shape index (κ3) is 2.33. The van der Waals surface area contributed by atoms with Gasteiger partial charge in [-0.3, -0.25) is 4.68 Å². The molecule has 2 heterocycles. The summed E-state index contributed by atoms with van der Waals surface area (Å²) in [5.74, 6) is 0.803. The van der Waals surface area contributed by atoms with E-state index < -0.39 is 0 Å². The van der Waals surface area contributed by atoms with E-state index in [2.05, 4.69) is 43.0 Å². The average Bonchev–Trinajstić information content (AvgIpc) is 2.72. The summed E-state index contributed by atoms with van der Waals surface area (Å²) in [6.07, 6.45) is 1.85. The second-order valence-corrected chi connectivity index (χ2v) is 4.77. The number of thiophene rings is 1. The Kier molecular flexibility index (Phi) is 2.83. The molecule has 1 N–H and O–H groups in total. The van der Waals surface area contributed by atoms with Crippen molar-refractivity contribution < 1.29 is 0 Å². The first-order valence-corrected chi connectivity index (χ1v) is 5.74. The van der Waals surface area contributed by atoms with Crippen LogP contribution in [0, 0.1) is 0 Å². The number of nitrogens with zero attached hydrogens (tertiary/aromatic N) is 3. The van der Waals surface area contributed by atoms with Gasteiger partial charge in [0.15, 0.2) is 5.82 Å². The van der Waals surface area contributed by atoms with E-state index in [1.165, 1.54) is 4.88 Å². The predicted octanol–water partition coefficient (Wildman–Crippen LogP) is 2.25. The summed E-state index contributed by atoms with van der Waals surface area (Å²) in [6, 6.07) is 2.09. The van der Waals surface area contributed by atoms with Crippen molar-refractivity contribution in [2.45, 2.75) is 6.54 Å². The minimum Gasteiger partial charge on any atom is -0.362 e. The van der Waals surface area contributed by atoms with Gasteiger partial charge in [0, 0.05) is 21.8 Å².